The first kappa shape index (κ1) is 14.8. The zero-order valence-electron chi connectivity index (χ0n) is 10.7. The number of hydrogen-bond donors (Lipinski definition) is 2. The van der Waals surface area contributed by atoms with Crippen molar-refractivity contribution < 1.29 is 9.84 Å². The first-order valence-electron chi connectivity index (χ1n) is 5.84. The van der Waals surface area contributed by atoms with Crippen LogP contribution in [0.2, 0.25) is 10.3 Å². The molecule has 1 aromatic carbocycles. The summed E-state index contributed by atoms with van der Waals surface area (Å²) in [5.74, 6) is 1.02. The Hall–Kier alpha value is -1.56. The minimum atomic E-state index is -0.422. The minimum Gasteiger partial charge on any atom is -0.496 e. The number of nitrogens with one attached hydrogen (secondary N) is 1. The number of rotatable bonds is 5. The molecule has 1 atom stereocenters. The van der Waals surface area contributed by atoms with Gasteiger partial charge in [0.2, 0.25) is 5.28 Å². The first-order chi connectivity index (χ1) is 9.65. The summed E-state index contributed by atoms with van der Waals surface area (Å²) in [7, 11) is 1.57. The second kappa shape index (κ2) is 6.74. The molecule has 7 heteroatoms. The van der Waals surface area contributed by atoms with Gasteiger partial charge in [0.15, 0.2) is 0 Å². The molecule has 0 radical (unpaired) electrons. The maximum Gasteiger partial charge on any atom is 0.224 e. The summed E-state index contributed by atoms with van der Waals surface area (Å²) in [6.45, 7) is -0.154. The third-order valence-corrected chi connectivity index (χ3v) is 3.18. The van der Waals surface area contributed by atoms with Gasteiger partial charge in [0.05, 0.1) is 26.0 Å². The summed E-state index contributed by atoms with van der Waals surface area (Å²) < 4.78 is 5.28. The largest absolute Gasteiger partial charge is 0.496 e. The van der Waals surface area contributed by atoms with Gasteiger partial charge in [-0.2, -0.15) is 4.98 Å². The summed E-state index contributed by atoms with van der Waals surface area (Å²) in [5, 5.41) is 13.0. The fourth-order valence-corrected chi connectivity index (χ4v) is 2.07. The van der Waals surface area contributed by atoms with Crippen LogP contribution in [0.15, 0.2) is 30.5 Å². The van der Waals surface area contributed by atoms with Crippen molar-refractivity contribution in [1.29, 1.82) is 0 Å². The smallest absolute Gasteiger partial charge is 0.224 e. The zero-order chi connectivity index (χ0) is 14.5. The fraction of sp³-hybridized carbons (Fsp3) is 0.231. The van der Waals surface area contributed by atoms with E-state index in [1.54, 1.807) is 7.11 Å². The van der Waals surface area contributed by atoms with E-state index in [0.717, 1.165) is 5.56 Å². The molecule has 0 amide bonds. The van der Waals surface area contributed by atoms with E-state index in [2.05, 4.69) is 15.3 Å². The van der Waals surface area contributed by atoms with Crippen LogP contribution >= 0.6 is 23.2 Å². The number of anilines is 1. The van der Waals surface area contributed by atoms with E-state index in [1.807, 2.05) is 24.3 Å². The fourth-order valence-electron chi connectivity index (χ4n) is 1.79. The van der Waals surface area contributed by atoms with Crippen molar-refractivity contribution in [2.45, 2.75) is 6.04 Å². The highest BCUT2D eigenvalue weighted by molar-refractivity contribution is 6.33. The molecule has 0 bridgehead atoms. The molecule has 2 N–H and O–H groups in total. The van der Waals surface area contributed by atoms with Gasteiger partial charge in [-0.25, -0.2) is 4.98 Å². The third-order valence-electron chi connectivity index (χ3n) is 2.72. The quantitative estimate of drug-likeness (QED) is 0.831. The molecule has 0 aliphatic heterocycles. The van der Waals surface area contributed by atoms with Gasteiger partial charge in [-0.15, -0.1) is 0 Å². The van der Waals surface area contributed by atoms with Crippen LogP contribution in [0, 0.1) is 0 Å². The van der Waals surface area contributed by atoms with E-state index < -0.39 is 6.04 Å². The molecule has 5 nitrogen and oxygen atoms in total. The highest BCUT2D eigenvalue weighted by Gasteiger charge is 2.17. The van der Waals surface area contributed by atoms with Gasteiger partial charge in [0.1, 0.15) is 16.6 Å². The van der Waals surface area contributed by atoms with E-state index in [0.29, 0.717) is 16.6 Å². The number of methoxy groups -OCH3 is 1. The van der Waals surface area contributed by atoms with Crippen LogP contribution in [-0.2, 0) is 0 Å². The van der Waals surface area contributed by atoms with Crippen LogP contribution in [0.4, 0.5) is 5.82 Å². The van der Waals surface area contributed by atoms with E-state index in [-0.39, 0.29) is 11.9 Å². The van der Waals surface area contributed by atoms with Crippen molar-refractivity contribution in [3.63, 3.8) is 0 Å². The number of nitrogens with zero attached hydrogens (tertiary/aromatic N) is 2. The Morgan fingerprint density at radius 2 is 2.10 bits per heavy atom. The summed E-state index contributed by atoms with van der Waals surface area (Å²) in [4.78, 5) is 7.77. The van der Waals surface area contributed by atoms with Crippen LogP contribution in [0.1, 0.15) is 11.6 Å². The van der Waals surface area contributed by atoms with Gasteiger partial charge in [0.25, 0.3) is 0 Å². The lowest BCUT2D eigenvalue weighted by Gasteiger charge is -2.20. The van der Waals surface area contributed by atoms with Crippen LogP contribution in [-0.4, -0.2) is 28.8 Å². The molecule has 0 aliphatic carbocycles. The molecule has 2 rings (SSSR count). The number of para-hydroxylation sites is 1. The molecule has 0 spiro atoms. The van der Waals surface area contributed by atoms with E-state index in [4.69, 9.17) is 27.9 Å². The zero-order valence-corrected chi connectivity index (χ0v) is 12.2. The summed E-state index contributed by atoms with van der Waals surface area (Å²) >= 11 is 11.7. The Kier molecular flexibility index (Phi) is 5.00. The van der Waals surface area contributed by atoms with E-state index in [9.17, 15) is 5.11 Å². The average Bonchev–Trinajstić information content (AvgIpc) is 2.48. The highest BCUT2D eigenvalue weighted by atomic mass is 35.5. The minimum absolute atomic E-state index is 0.0774. The monoisotopic (exact) mass is 313 g/mol. The third kappa shape index (κ3) is 3.30. The van der Waals surface area contributed by atoms with E-state index in [1.165, 1.54) is 6.20 Å². The second-order valence-electron chi connectivity index (χ2n) is 3.96. The van der Waals surface area contributed by atoms with Gasteiger partial charge in [-0.3, -0.25) is 0 Å². The SMILES string of the molecule is COc1ccccc1C(CO)Nc1nc(Cl)ncc1Cl. The molecule has 1 unspecified atom stereocenters. The number of ether oxygens (including phenoxy) is 1. The Morgan fingerprint density at radius 3 is 2.80 bits per heavy atom. The van der Waals surface area contributed by atoms with Crippen molar-refractivity contribution in [3.8, 4) is 5.75 Å². The van der Waals surface area contributed by atoms with Gasteiger partial charge in [0, 0.05) is 5.56 Å². The summed E-state index contributed by atoms with van der Waals surface area (Å²) in [5.41, 5.74) is 0.795. The van der Waals surface area contributed by atoms with Crippen molar-refractivity contribution in [2.24, 2.45) is 0 Å². The molecule has 0 fully saturated rings. The average molecular weight is 314 g/mol. The molecule has 0 saturated heterocycles. The van der Waals surface area contributed by atoms with Gasteiger partial charge < -0.3 is 15.2 Å². The van der Waals surface area contributed by atoms with Crippen LogP contribution in [0.25, 0.3) is 0 Å². The molecule has 1 heterocycles. The first-order valence-corrected chi connectivity index (χ1v) is 6.59. The summed E-state index contributed by atoms with van der Waals surface area (Å²) in [6.07, 6.45) is 1.40. The van der Waals surface area contributed by atoms with Crippen molar-refractivity contribution >= 4 is 29.0 Å². The predicted octanol–water partition coefficient (Wildman–Crippen LogP) is 2.94. The molecule has 2 aromatic rings. The number of benzene rings is 1. The number of halogens is 2. The molecule has 0 aliphatic rings. The normalized spacial score (nSPS) is 12.0. The van der Waals surface area contributed by atoms with Crippen molar-refractivity contribution in [1.82, 2.24) is 9.97 Å². The molecule has 0 saturated carbocycles. The summed E-state index contributed by atoms with van der Waals surface area (Å²) in [6, 6.07) is 6.95. The lowest BCUT2D eigenvalue weighted by molar-refractivity contribution is 0.273. The molecule has 106 valence electrons. The van der Waals surface area contributed by atoms with Crippen LogP contribution in [0.5, 0.6) is 5.75 Å². The Morgan fingerprint density at radius 1 is 1.35 bits per heavy atom. The standard InChI is InChI=1S/C13H13Cl2N3O2/c1-20-11-5-3-2-4-8(11)10(7-19)17-12-9(14)6-16-13(15)18-12/h2-6,10,19H,7H2,1H3,(H,16,17,18). The van der Waals surface area contributed by atoms with Gasteiger partial charge >= 0.3 is 0 Å². The number of aliphatic hydroxyl groups is 1. The Bertz CT molecular complexity index is 596. The van der Waals surface area contributed by atoms with Crippen LogP contribution in [0.3, 0.4) is 0 Å². The van der Waals surface area contributed by atoms with Gasteiger partial charge in [-0.1, -0.05) is 29.8 Å². The molecule has 20 heavy (non-hydrogen) atoms. The Balaban J connectivity index is 2.31. The number of hydrogen-bond acceptors (Lipinski definition) is 5. The molecule has 1 aromatic heterocycles. The highest BCUT2D eigenvalue weighted by Crippen LogP contribution is 2.29. The number of aliphatic hydroxyl groups excluding tert-OH is 1. The Labute approximate surface area is 126 Å². The van der Waals surface area contributed by atoms with E-state index >= 15 is 0 Å². The molecular weight excluding hydrogens is 301 g/mol. The second-order valence-corrected chi connectivity index (χ2v) is 4.70. The van der Waals surface area contributed by atoms with Gasteiger partial charge in [-0.05, 0) is 17.7 Å². The lowest BCUT2D eigenvalue weighted by Crippen LogP contribution is -2.17. The molecular formula is C13H13Cl2N3O2. The van der Waals surface area contributed by atoms with Crippen molar-refractivity contribution in [2.75, 3.05) is 19.0 Å². The number of aromatic nitrogens is 2. The maximum atomic E-state index is 9.58. The maximum absolute atomic E-state index is 9.58. The van der Waals surface area contributed by atoms with Crippen LogP contribution < -0.4 is 10.1 Å². The lowest BCUT2D eigenvalue weighted by atomic mass is 10.1. The predicted molar refractivity (Wildman–Crippen MR) is 78.5 cm³/mol. The topological polar surface area (TPSA) is 67.3 Å². The van der Waals surface area contributed by atoms with Crippen molar-refractivity contribution in [3.05, 3.63) is 46.3 Å².